The van der Waals surface area contributed by atoms with Crippen LogP contribution in [0.5, 0.6) is 0 Å². The molecule has 1 aromatic carbocycles. The lowest BCUT2D eigenvalue weighted by Crippen LogP contribution is -2.24. The fourth-order valence-electron chi connectivity index (χ4n) is 2.18. The highest BCUT2D eigenvalue weighted by Crippen LogP contribution is 2.48. The highest BCUT2D eigenvalue weighted by molar-refractivity contribution is 9.09. The summed E-state index contributed by atoms with van der Waals surface area (Å²) in [4.78, 5) is 0. The second-order valence-corrected chi connectivity index (χ2v) is 5.54. The van der Waals surface area contributed by atoms with Crippen LogP contribution in [0.3, 0.4) is 0 Å². The zero-order valence-electron chi connectivity index (χ0n) is 9.27. The number of halogens is 3. The van der Waals surface area contributed by atoms with Gasteiger partial charge in [-0.2, -0.15) is 0 Å². The van der Waals surface area contributed by atoms with Gasteiger partial charge in [-0.05, 0) is 42.2 Å². The Kier molecular flexibility index (Phi) is 3.34. The molecule has 0 N–H and O–H groups in total. The molecule has 0 aromatic heterocycles. The molecule has 3 heteroatoms. The van der Waals surface area contributed by atoms with Crippen molar-refractivity contribution in [3.05, 3.63) is 35.4 Å². The Labute approximate surface area is 103 Å². The van der Waals surface area contributed by atoms with Gasteiger partial charge in [0.15, 0.2) is 0 Å². The molecular weight excluding hydrogens is 274 g/mol. The first-order valence-electron chi connectivity index (χ1n) is 5.55. The smallest absolute Gasteiger partial charge is 0.129 e. The third-order valence-corrected chi connectivity index (χ3v) is 4.76. The van der Waals surface area contributed by atoms with Gasteiger partial charge in [-0.3, -0.25) is 0 Å². The Hall–Kier alpha value is -0.440. The van der Waals surface area contributed by atoms with Gasteiger partial charge in [-0.15, -0.1) is 0 Å². The molecule has 88 valence electrons. The van der Waals surface area contributed by atoms with E-state index in [-0.39, 0.29) is 5.41 Å². The molecule has 1 unspecified atom stereocenters. The first-order valence-corrected chi connectivity index (χ1v) is 6.67. The van der Waals surface area contributed by atoms with Gasteiger partial charge in [0.1, 0.15) is 11.6 Å². The molecule has 0 aliphatic heterocycles. The quantitative estimate of drug-likeness (QED) is 0.724. The maximum Gasteiger partial charge on any atom is 0.129 e. The van der Waals surface area contributed by atoms with Gasteiger partial charge < -0.3 is 0 Å². The molecule has 1 saturated carbocycles. The summed E-state index contributed by atoms with van der Waals surface area (Å²) in [6.45, 7) is 2.17. The van der Waals surface area contributed by atoms with E-state index in [0.717, 1.165) is 11.4 Å². The van der Waals surface area contributed by atoms with Crippen LogP contribution in [0.1, 0.15) is 25.3 Å². The van der Waals surface area contributed by atoms with Crippen LogP contribution >= 0.6 is 15.9 Å². The second kappa shape index (κ2) is 4.44. The number of benzene rings is 1. The molecule has 1 aromatic rings. The summed E-state index contributed by atoms with van der Waals surface area (Å²) in [6.07, 6.45) is 3.13. The van der Waals surface area contributed by atoms with Crippen LogP contribution in [-0.2, 0) is 6.42 Å². The summed E-state index contributed by atoms with van der Waals surface area (Å²) in [5.74, 6) is -0.252. The van der Waals surface area contributed by atoms with Crippen molar-refractivity contribution in [2.24, 2.45) is 11.3 Å². The van der Waals surface area contributed by atoms with Gasteiger partial charge in [0.2, 0.25) is 0 Å². The predicted octanol–water partition coefficient (Wildman–Crippen LogP) is 4.32. The van der Waals surface area contributed by atoms with Crippen LogP contribution in [0, 0.1) is 23.0 Å². The molecule has 0 saturated heterocycles. The Morgan fingerprint density at radius 1 is 1.38 bits per heavy atom. The van der Waals surface area contributed by atoms with Crippen LogP contribution in [-0.4, -0.2) is 5.33 Å². The monoisotopic (exact) mass is 288 g/mol. The average molecular weight is 289 g/mol. The minimum absolute atomic E-state index is 0.0959. The predicted molar refractivity (Wildman–Crippen MR) is 64.7 cm³/mol. The van der Waals surface area contributed by atoms with Crippen molar-refractivity contribution in [3.8, 4) is 0 Å². The van der Waals surface area contributed by atoms with E-state index < -0.39 is 11.6 Å². The molecule has 2 rings (SSSR count). The second-order valence-electron chi connectivity index (χ2n) is 4.97. The summed E-state index contributed by atoms with van der Waals surface area (Å²) in [6, 6.07) is 3.87. The van der Waals surface area contributed by atoms with Gasteiger partial charge in [0.25, 0.3) is 0 Å². The van der Waals surface area contributed by atoms with Gasteiger partial charge in [-0.25, -0.2) is 8.78 Å². The summed E-state index contributed by atoms with van der Waals surface area (Å²) >= 11 is 3.51. The van der Waals surface area contributed by atoms with E-state index in [1.54, 1.807) is 6.07 Å². The zero-order valence-corrected chi connectivity index (χ0v) is 10.9. The van der Waals surface area contributed by atoms with E-state index in [1.165, 1.54) is 18.9 Å². The minimum Gasteiger partial charge on any atom is -0.207 e. The molecule has 0 amide bonds. The van der Waals surface area contributed by atoms with E-state index >= 15 is 0 Å². The van der Waals surface area contributed by atoms with E-state index in [2.05, 4.69) is 22.9 Å². The highest BCUT2D eigenvalue weighted by Gasteiger charge is 2.40. The Morgan fingerprint density at radius 2 is 2.06 bits per heavy atom. The van der Waals surface area contributed by atoms with Crippen LogP contribution in [0.15, 0.2) is 18.2 Å². The molecule has 0 radical (unpaired) electrons. The first kappa shape index (κ1) is 12.0. The SMILES string of the molecule is CC(CBr)(Cc1ccc(F)cc1F)C1CC1. The molecule has 0 heterocycles. The van der Waals surface area contributed by atoms with Crippen molar-refractivity contribution < 1.29 is 8.78 Å². The minimum atomic E-state index is -0.506. The fourth-order valence-corrected chi connectivity index (χ4v) is 2.84. The van der Waals surface area contributed by atoms with E-state index in [1.807, 2.05) is 0 Å². The van der Waals surface area contributed by atoms with E-state index in [0.29, 0.717) is 17.9 Å². The average Bonchev–Trinajstić information content (AvgIpc) is 3.06. The maximum absolute atomic E-state index is 13.5. The van der Waals surface area contributed by atoms with Crippen LogP contribution in [0.25, 0.3) is 0 Å². The molecule has 0 spiro atoms. The first-order chi connectivity index (χ1) is 7.55. The summed E-state index contributed by atoms with van der Waals surface area (Å²) in [7, 11) is 0. The molecule has 1 atom stereocenters. The Bertz CT molecular complexity index is 388. The molecule has 1 aliphatic rings. The maximum atomic E-state index is 13.5. The number of hydrogen-bond acceptors (Lipinski definition) is 0. The number of hydrogen-bond donors (Lipinski definition) is 0. The topological polar surface area (TPSA) is 0 Å². The van der Waals surface area contributed by atoms with Crippen molar-refractivity contribution in [1.29, 1.82) is 0 Å². The molecule has 1 fully saturated rings. The summed E-state index contributed by atoms with van der Waals surface area (Å²) in [5, 5.41) is 0.863. The van der Waals surface area contributed by atoms with Crippen molar-refractivity contribution in [2.75, 3.05) is 5.33 Å². The van der Waals surface area contributed by atoms with E-state index in [4.69, 9.17) is 0 Å². The fraction of sp³-hybridized carbons (Fsp3) is 0.538. The molecular formula is C13H15BrF2. The van der Waals surface area contributed by atoms with Crippen LogP contribution in [0.4, 0.5) is 8.78 Å². The summed E-state index contributed by atoms with van der Waals surface area (Å²) in [5.41, 5.74) is 0.717. The van der Waals surface area contributed by atoms with Crippen LogP contribution < -0.4 is 0 Å². The number of alkyl halides is 1. The normalized spacial score (nSPS) is 19.5. The van der Waals surface area contributed by atoms with Crippen molar-refractivity contribution in [2.45, 2.75) is 26.2 Å². The Balaban J connectivity index is 2.18. The van der Waals surface area contributed by atoms with Gasteiger partial charge in [0.05, 0.1) is 0 Å². The lowest BCUT2D eigenvalue weighted by atomic mass is 9.81. The van der Waals surface area contributed by atoms with Gasteiger partial charge in [0, 0.05) is 11.4 Å². The molecule has 16 heavy (non-hydrogen) atoms. The van der Waals surface area contributed by atoms with Crippen molar-refractivity contribution in [1.82, 2.24) is 0 Å². The third-order valence-electron chi connectivity index (χ3n) is 3.48. The Morgan fingerprint density at radius 3 is 2.56 bits per heavy atom. The highest BCUT2D eigenvalue weighted by atomic mass is 79.9. The lowest BCUT2D eigenvalue weighted by Gasteiger charge is -2.27. The molecule has 1 aliphatic carbocycles. The zero-order chi connectivity index (χ0) is 11.8. The van der Waals surface area contributed by atoms with Crippen molar-refractivity contribution in [3.63, 3.8) is 0 Å². The molecule has 0 nitrogen and oxygen atoms in total. The van der Waals surface area contributed by atoms with E-state index in [9.17, 15) is 8.78 Å². The molecule has 0 bridgehead atoms. The van der Waals surface area contributed by atoms with Gasteiger partial charge in [-0.1, -0.05) is 28.9 Å². The lowest BCUT2D eigenvalue weighted by molar-refractivity contribution is 0.314. The third kappa shape index (κ3) is 2.45. The summed E-state index contributed by atoms with van der Waals surface area (Å²) < 4.78 is 26.3. The van der Waals surface area contributed by atoms with Crippen molar-refractivity contribution >= 4 is 15.9 Å². The largest absolute Gasteiger partial charge is 0.207 e. The van der Waals surface area contributed by atoms with Gasteiger partial charge >= 0.3 is 0 Å². The number of rotatable bonds is 4. The standard InChI is InChI=1S/C13H15BrF2/c1-13(8-14,10-3-4-10)7-9-2-5-11(15)6-12(9)16/h2,5-6,10H,3-4,7-8H2,1H3. The van der Waals surface area contributed by atoms with Crippen LogP contribution in [0.2, 0.25) is 0 Å².